The fraction of sp³-hybridized carbons (Fsp3) is 0.286. The van der Waals surface area contributed by atoms with Gasteiger partial charge in [0.25, 0.3) is 5.91 Å². The molecule has 2 amide bonds. The molecule has 2 rings (SSSR count). The van der Waals surface area contributed by atoms with Crippen LogP contribution in [0.1, 0.15) is 23.0 Å². The molecule has 0 bridgehead atoms. The minimum atomic E-state index is -0.708. The predicted octanol–water partition coefficient (Wildman–Crippen LogP) is 3.20. The van der Waals surface area contributed by atoms with E-state index in [1.807, 2.05) is 13.0 Å². The molecular weight excluding hydrogens is 392 g/mol. The molecule has 0 fully saturated rings. The van der Waals surface area contributed by atoms with Crippen molar-refractivity contribution >= 4 is 23.4 Å². The lowest BCUT2D eigenvalue weighted by molar-refractivity contribution is -0.131. The van der Waals surface area contributed by atoms with Crippen molar-refractivity contribution in [1.82, 2.24) is 20.0 Å². The van der Waals surface area contributed by atoms with Crippen LogP contribution in [-0.2, 0) is 11.5 Å². The maximum atomic E-state index is 12.5. The molecular formula is C21H25ClN4O3. The first-order valence-electron chi connectivity index (χ1n) is 9.09. The molecule has 1 unspecified atom stereocenters. The van der Waals surface area contributed by atoms with Crippen LogP contribution < -0.4 is 10.1 Å². The van der Waals surface area contributed by atoms with E-state index in [0.29, 0.717) is 23.9 Å². The number of benzene rings is 1. The Morgan fingerprint density at radius 3 is 2.62 bits per heavy atom. The van der Waals surface area contributed by atoms with Gasteiger partial charge in [-0.05, 0) is 43.7 Å². The summed E-state index contributed by atoms with van der Waals surface area (Å²) >= 11 is 6.00. The van der Waals surface area contributed by atoms with E-state index in [9.17, 15) is 9.59 Å². The number of ether oxygens (including phenoxy) is 1. The summed E-state index contributed by atoms with van der Waals surface area (Å²) in [6, 6.07) is 6.20. The predicted molar refractivity (Wildman–Crippen MR) is 113 cm³/mol. The van der Waals surface area contributed by atoms with Crippen molar-refractivity contribution in [3.05, 3.63) is 72.1 Å². The number of hydrogen-bond donors (Lipinski definition) is 1. The van der Waals surface area contributed by atoms with Crippen molar-refractivity contribution in [2.45, 2.75) is 26.6 Å². The van der Waals surface area contributed by atoms with E-state index in [4.69, 9.17) is 16.3 Å². The number of carbonyl (C=O) groups excluding carboxylic acids is 2. The molecule has 7 nitrogen and oxygen atoms in total. The van der Waals surface area contributed by atoms with Crippen molar-refractivity contribution in [3.8, 4) is 5.75 Å². The Kier molecular flexibility index (Phi) is 8.03. The van der Waals surface area contributed by atoms with E-state index < -0.39 is 11.9 Å². The Bertz CT molecular complexity index is 884. The van der Waals surface area contributed by atoms with Gasteiger partial charge in [0.05, 0.1) is 0 Å². The van der Waals surface area contributed by atoms with Crippen molar-refractivity contribution in [2.75, 3.05) is 13.1 Å². The molecule has 8 heteroatoms. The number of carbonyl (C=O) groups is 2. The molecule has 154 valence electrons. The van der Waals surface area contributed by atoms with Crippen LogP contribution in [0.25, 0.3) is 0 Å². The van der Waals surface area contributed by atoms with Crippen LogP contribution in [0.4, 0.5) is 0 Å². The highest BCUT2D eigenvalue weighted by Crippen LogP contribution is 2.21. The summed E-state index contributed by atoms with van der Waals surface area (Å²) in [5.41, 5.74) is 1.10. The summed E-state index contributed by atoms with van der Waals surface area (Å²) in [5.74, 6) is -0.0136. The third-order valence-corrected chi connectivity index (χ3v) is 4.52. The molecule has 0 aliphatic carbocycles. The van der Waals surface area contributed by atoms with Crippen LogP contribution in [0.2, 0.25) is 5.02 Å². The SMILES string of the molecule is C=CCN(CC=C)C(=O)C(C)NC(=O)c1ccn(COc2ccc(Cl)c(C)c2)n1. The maximum Gasteiger partial charge on any atom is 0.272 e. The van der Waals surface area contributed by atoms with Crippen LogP contribution in [0.3, 0.4) is 0 Å². The van der Waals surface area contributed by atoms with Gasteiger partial charge in [-0.15, -0.1) is 13.2 Å². The monoisotopic (exact) mass is 416 g/mol. The summed E-state index contributed by atoms with van der Waals surface area (Å²) in [5, 5.41) is 7.52. The van der Waals surface area contributed by atoms with Crippen LogP contribution >= 0.6 is 11.6 Å². The Morgan fingerprint density at radius 2 is 2.00 bits per heavy atom. The lowest BCUT2D eigenvalue weighted by Gasteiger charge is -2.23. The van der Waals surface area contributed by atoms with Gasteiger partial charge in [-0.1, -0.05) is 23.8 Å². The maximum absolute atomic E-state index is 12.5. The fourth-order valence-corrected chi connectivity index (χ4v) is 2.69. The number of halogens is 1. The number of nitrogens with zero attached hydrogens (tertiary/aromatic N) is 3. The lowest BCUT2D eigenvalue weighted by Crippen LogP contribution is -2.47. The minimum Gasteiger partial charge on any atom is -0.471 e. The number of hydrogen-bond acceptors (Lipinski definition) is 4. The summed E-state index contributed by atoms with van der Waals surface area (Å²) in [7, 11) is 0. The molecule has 1 aromatic carbocycles. The van der Waals surface area contributed by atoms with Crippen molar-refractivity contribution in [3.63, 3.8) is 0 Å². The molecule has 0 saturated carbocycles. The molecule has 0 radical (unpaired) electrons. The fourth-order valence-electron chi connectivity index (χ4n) is 2.57. The van der Waals surface area contributed by atoms with Gasteiger partial charge in [-0.2, -0.15) is 5.10 Å². The Balaban J connectivity index is 1.93. The highest BCUT2D eigenvalue weighted by molar-refractivity contribution is 6.31. The Hall–Kier alpha value is -3.06. The highest BCUT2D eigenvalue weighted by Gasteiger charge is 2.22. The lowest BCUT2D eigenvalue weighted by atomic mass is 10.2. The van der Waals surface area contributed by atoms with Gasteiger partial charge in [0.1, 0.15) is 17.5 Å². The third kappa shape index (κ3) is 6.22. The molecule has 1 aromatic heterocycles. The van der Waals surface area contributed by atoms with Gasteiger partial charge >= 0.3 is 0 Å². The van der Waals surface area contributed by atoms with Crippen LogP contribution in [0, 0.1) is 6.92 Å². The largest absolute Gasteiger partial charge is 0.471 e. The molecule has 29 heavy (non-hydrogen) atoms. The molecule has 0 spiro atoms. The van der Waals surface area contributed by atoms with E-state index in [2.05, 4.69) is 23.6 Å². The molecule has 2 aromatic rings. The second kappa shape index (κ2) is 10.5. The summed E-state index contributed by atoms with van der Waals surface area (Å²) in [4.78, 5) is 26.4. The molecule has 0 aliphatic heterocycles. The molecule has 0 aliphatic rings. The standard InChI is InChI=1S/C21H25ClN4O3/c1-5-10-25(11-6-2)21(28)16(4)23-20(27)19-9-12-26(24-19)14-29-17-7-8-18(22)15(3)13-17/h5-9,12-13,16H,1-2,10-11,14H2,3-4H3,(H,23,27). The van der Waals surface area contributed by atoms with E-state index in [-0.39, 0.29) is 18.3 Å². The number of rotatable bonds is 10. The van der Waals surface area contributed by atoms with Gasteiger partial charge in [0, 0.05) is 24.3 Å². The number of aryl methyl sites for hydroxylation is 1. The van der Waals surface area contributed by atoms with Gasteiger partial charge in [0.2, 0.25) is 5.91 Å². The highest BCUT2D eigenvalue weighted by atomic mass is 35.5. The van der Waals surface area contributed by atoms with E-state index in [1.165, 1.54) is 4.68 Å². The van der Waals surface area contributed by atoms with Gasteiger partial charge in [-0.25, -0.2) is 4.68 Å². The second-order valence-electron chi connectivity index (χ2n) is 6.44. The topological polar surface area (TPSA) is 76.5 Å². The van der Waals surface area contributed by atoms with E-state index in [1.54, 1.807) is 48.4 Å². The van der Waals surface area contributed by atoms with Crippen LogP contribution in [0.5, 0.6) is 5.75 Å². The number of aromatic nitrogens is 2. The minimum absolute atomic E-state index is 0.134. The second-order valence-corrected chi connectivity index (χ2v) is 6.85. The normalized spacial score (nSPS) is 11.4. The van der Waals surface area contributed by atoms with Crippen molar-refractivity contribution in [1.29, 1.82) is 0 Å². The summed E-state index contributed by atoms with van der Waals surface area (Å²) < 4.78 is 7.15. The number of nitrogens with one attached hydrogen (secondary N) is 1. The molecule has 1 atom stereocenters. The number of amides is 2. The average Bonchev–Trinajstić information content (AvgIpc) is 3.17. The first-order chi connectivity index (χ1) is 13.8. The molecule has 1 N–H and O–H groups in total. The van der Waals surface area contributed by atoms with Gasteiger partial charge in [0.15, 0.2) is 6.73 Å². The first kappa shape index (κ1) is 22.2. The Morgan fingerprint density at radius 1 is 1.31 bits per heavy atom. The van der Waals surface area contributed by atoms with Crippen LogP contribution in [0.15, 0.2) is 55.8 Å². The third-order valence-electron chi connectivity index (χ3n) is 4.09. The van der Waals surface area contributed by atoms with E-state index in [0.717, 1.165) is 5.56 Å². The quantitative estimate of drug-likeness (QED) is 0.603. The van der Waals surface area contributed by atoms with Crippen molar-refractivity contribution < 1.29 is 14.3 Å². The molecule has 0 saturated heterocycles. The van der Waals surface area contributed by atoms with Crippen molar-refractivity contribution in [2.24, 2.45) is 0 Å². The van der Waals surface area contributed by atoms with Gasteiger partial charge in [-0.3, -0.25) is 9.59 Å². The first-order valence-corrected chi connectivity index (χ1v) is 9.47. The average molecular weight is 417 g/mol. The Labute approximate surface area is 175 Å². The van der Waals surface area contributed by atoms with Gasteiger partial charge < -0.3 is 15.0 Å². The zero-order valence-electron chi connectivity index (χ0n) is 16.6. The molecule has 1 heterocycles. The smallest absolute Gasteiger partial charge is 0.272 e. The summed E-state index contributed by atoms with van der Waals surface area (Å²) in [6.07, 6.45) is 4.88. The zero-order chi connectivity index (χ0) is 21.4. The van der Waals surface area contributed by atoms with E-state index >= 15 is 0 Å². The van der Waals surface area contributed by atoms with Crippen LogP contribution in [-0.4, -0.2) is 45.6 Å². The summed E-state index contributed by atoms with van der Waals surface area (Å²) in [6.45, 7) is 11.7. The zero-order valence-corrected chi connectivity index (χ0v) is 17.4.